The standard InChI is InChI=1S/C44H26N4/c45-27-29-20-23-43(47-39-16-5-1-12-34(39)35-13-2-6-17-40(35)47)38(24-29)32-11-9-10-30(25-32)31-21-22-33(28-46)44(26-31)48-41-18-7-3-14-36(41)37-15-4-8-19-42(37)48/h1-26H. The molecule has 9 rings (SSSR count). The summed E-state index contributed by atoms with van der Waals surface area (Å²) in [4.78, 5) is 0. The highest BCUT2D eigenvalue weighted by molar-refractivity contribution is 6.10. The van der Waals surface area contributed by atoms with Gasteiger partial charge in [0.15, 0.2) is 0 Å². The van der Waals surface area contributed by atoms with Crippen LogP contribution in [0.25, 0.3) is 77.2 Å². The number of para-hydroxylation sites is 4. The quantitative estimate of drug-likeness (QED) is 0.199. The average Bonchev–Trinajstić information content (AvgIpc) is 3.67. The molecular weight excluding hydrogens is 585 g/mol. The normalized spacial score (nSPS) is 11.3. The lowest BCUT2D eigenvalue weighted by atomic mass is 9.95. The second kappa shape index (κ2) is 10.9. The Morgan fingerprint density at radius 1 is 0.375 bits per heavy atom. The van der Waals surface area contributed by atoms with Crippen molar-refractivity contribution in [2.24, 2.45) is 0 Å². The molecule has 0 bridgehead atoms. The highest BCUT2D eigenvalue weighted by Crippen LogP contribution is 2.39. The van der Waals surface area contributed by atoms with Gasteiger partial charge in [0, 0.05) is 27.1 Å². The van der Waals surface area contributed by atoms with Crippen LogP contribution in [-0.4, -0.2) is 9.13 Å². The molecule has 2 aromatic heterocycles. The van der Waals surface area contributed by atoms with Crippen molar-refractivity contribution in [2.45, 2.75) is 0 Å². The summed E-state index contributed by atoms with van der Waals surface area (Å²) < 4.78 is 4.50. The van der Waals surface area contributed by atoms with E-state index >= 15 is 0 Å². The molecule has 0 radical (unpaired) electrons. The molecule has 9 aromatic rings. The van der Waals surface area contributed by atoms with Crippen molar-refractivity contribution in [3.05, 3.63) is 169 Å². The van der Waals surface area contributed by atoms with Gasteiger partial charge in [-0.25, -0.2) is 0 Å². The Kier molecular flexibility index (Phi) is 6.22. The van der Waals surface area contributed by atoms with Crippen LogP contribution in [0.3, 0.4) is 0 Å². The third-order valence-corrected chi connectivity index (χ3v) is 9.39. The predicted molar refractivity (Wildman–Crippen MR) is 195 cm³/mol. The minimum absolute atomic E-state index is 0.604. The zero-order chi connectivity index (χ0) is 32.2. The van der Waals surface area contributed by atoms with Crippen LogP contribution >= 0.6 is 0 Å². The Balaban J connectivity index is 1.25. The molecule has 222 valence electrons. The van der Waals surface area contributed by atoms with E-state index in [-0.39, 0.29) is 0 Å². The summed E-state index contributed by atoms with van der Waals surface area (Å²) in [5, 5.41) is 24.9. The Morgan fingerprint density at radius 2 is 0.875 bits per heavy atom. The number of rotatable bonds is 4. The lowest BCUT2D eigenvalue weighted by Gasteiger charge is -2.16. The number of hydrogen-bond acceptors (Lipinski definition) is 2. The summed E-state index contributed by atoms with van der Waals surface area (Å²) in [6, 6.07) is 58.9. The zero-order valence-corrected chi connectivity index (χ0v) is 25.8. The molecule has 0 aliphatic heterocycles. The molecule has 0 aliphatic carbocycles. The van der Waals surface area contributed by atoms with E-state index in [2.05, 4.69) is 143 Å². The molecule has 0 fully saturated rings. The third-order valence-electron chi connectivity index (χ3n) is 9.39. The smallest absolute Gasteiger partial charge is 0.101 e. The molecule has 4 nitrogen and oxygen atoms in total. The van der Waals surface area contributed by atoms with Gasteiger partial charge in [0.05, 0.1) is 50.6 Å². The molecule has 0 saturated carbocycles. The fourth-order valence-electron chi connectivity index (χ4n) is 7.25. The second-order valence-corrected chi connectivity index (χ2v) is 12.0. The minimum Gasteiger partial charge on any atom is -0.309 e. The monoisotopic (exact) mass is 610 g/mol. The molecule has 0 amide bonds. The molecule has 0 spiro atoms. The summed E-state index contributed by atoms with van der Waals surface area (Å²) in [5.41, 5.74) is 11.4. The van der Waals surface area contributed by atoms with Crippen molar-refractivity contribution in [3.63, 3.8) is 0 Å². The van der Waals surface area contributed by atoms with Gasteiger partial charge < -0.3 is 9.13 Å². The van der Waals surface area contributed by atoms with Crippen LogP contribution in [0, 0.1) is 22.7 Å². The Hall–Kier alpha value is -6.88. The SMILES string of the molecule is N#Cc1ccc(-n2c3ccccc3c3ccccc32)c(-c2cccc(-c3ccc(C#N)c(-n4c5ccccc5c5ccccc54)c3)c2)c1. The summed E-state index contributed by atoms with van der Waals surface area (Å²) in [5.74, 6) is 0. The van der Waals surface area contributed by atoms with Crippen molar-refractivity contribution < 1.29 is 0 Å². The van der Waals surface area contributed by atoms with Crippen LogP contribution in [0.2, 0.25) is 0 Å². The minimum atomic E-state index is 0.604. The van der Waals surface area contributed by atoms with Gasteiger partial charge in [-0.15, -0.1) is 0 Å². The van der Waals surface area contributed by atoms with Gasteiger partial charge in [0.25, 0.3) is 0 Å². The van der Waals surface area contributed by atoms with Crippen molar-refractivity contribution in [2.75, 3.05) is 0 Å². The van der Waals surface area contributed by atoms with Gasteiger partial charge in [-0.2, -0.15) is 10.5 Å². The first-order valence-corrected chi connectivity index (χ1v) is 15.9. The van der Waals surface area contributed by atoms with Gasteiger partial charge in [-0.1, -0.05) is 97.1 Å². The van der Waals surface area contributed by atoms with Gasteiger partial charge >= 0.3 is 0 Å². The molecule has 2 heterocycles. The molecule has 4 heteroatoms. The second-order valence-electron chi connectivity index (χ2n) is 12.0. The van der Waals surface area contributed by atoms with Crippen LogP contribution in [0.15, 0.2) is 158 Å². The maximum absolute atomic E-state index is 10.2. The van der Waals surface area contributed by atoms with Crippen LogP contribution in [0.4, 0.5) is 0 Å². The van der Waals surface area contributed by atoms with Crippen LogP contribution in [0.1, 0.15) is 11.1 Å². The Bertz CT molecular complexity index is 2710. The van der Waals surface area contributed by atoms with E-state index in [1.807, 2.05) is 36.4 Å². The van der Waals surface area contributed by atoms with Crippen LogP contribution < -0.4 is 0 Å². The Labute approximate surface area is 277 Å². The maximum atomic E-state index is 10.2. The van der Waals surface area contributed by atoms with E-state index in [1.54, 1.807) is 0 Å². The van der Waals surface area contributed by atoms with Crippen molar-refractivity contribution in [1.82, 2.24) is 9.13 Å². The number of aromatic nitrogens is 2. The van der Waals surface area contributed by atoms with Gasteiger partial charge in [-0.3, -0.25) is 0 Å². The molecule has 0 saturated heterocycles. The number of nitriles is 2. The molecular formula is C44H26N4. The molecule has 7 aromatic carbocycles. The van der Waals surface area contributed by atoms with Crippen molar-refractivity contribution in [3.8, 4) is 45.8 Å². The number of fused-ring (bicyclic) bond motifs is 6. The van der Waals surface area contributed by atoms with E-state index in [9.17, 15) is 10.5 Å². The molecule has 48 heavy (non-hydrogen) atoms. The average molecular weight is 611 g/mol. The van der Waals surface area contributed by atoms with Crippen LogP contribution in [0.5, 0.6) is 0 Å². The van der Waals surface area contributed by atoms with Crippen LogP contribution in [-0.2, 0) is 0 Å². The molecule has 0 N–H and O–H groups in total. The lowest BCUT2D eigenvalue weighted by molar-refractivity contribution is 1.17. The first-order chi connectivity index (χ1) is 23.7. The Morgan fingerprint density at radius 3 is 1.42 bits per heavy atom. The number of hydrogen-bond donors (Lipinski definition) is 0. The zero-order valence-electron chi connectivity index (χ0n) is 25.8. The summed E-state index contributed by atoms with van der Waals surface area (Å²) >= 11 is 0. The fourth-order valence-corrected chi connectivity index (χ4v) is 7.25. The summed E-state index contributed by atoms with van der Waals surface area (Å²) in [6.07, 6.45) is 0. The first-order valence-electron chi connectivity index (χ1n) is 15.9. The topological polar surface area (TPSA) is 57.4 Å². The highest BCUT2D eigenvalue weighted by Gasteiger charge is 2.18. The van der Waals surface area contributed by atoms with E-state index in [0.29, 0.717) is 11.1 Å². The fraction of sp³-hybridized carbons (Fsp3) is 0. The summed E-state index contributed by atoms with van der Waals surface area (Å²) in [6.45, 7) is 0. The van der Waals surface area contributed by atoms with E-state index in [0.717, 1.165) is 66.5 Å². The maximum Gasteiger partial charge on any atom is 0.101 e. The highest BCUT2D eigenvalue weighted by atomic mass is 15.0. The summed E-state index contributed by atoms with van der Waals surface area (Å²) in [7, 11) is 0. The third kappa shape index (κ3) is 4.14. The van der Waals surface area contributed by atoms with Gasteiger partial charge in [0.2, 0.25) is 0 Å². The molecule has 0 unspecified atom stereocenters. The first kappa shape index (κ1) is 27.4. The van der Waals surface area contributed by atoms with E-state index < -0.39 is 0 Å². The lowest BCUT2D eigenvalue weighted by Crippen LogP contribution is -1.99. The number of benzene rings is 7. The van der Waals surface area contributed by atoms with E-state index in [4.69, 9.17) is 0 Å². The number of nitrogens with zero attached hydrogens (tertiary/aromatic N) is 4. The van der Waals surface area contributed by atoms with Gasteiger partial charge in [0.1, 0.15) is 6.07 Å². The molecule has 0 atom stereocenters. The largest absolute Gasteiger partial charge is 0.309 e. The van der Waals surface area contributed by atoms with E-state index in [1.165, 1.54) is 10.8 Å². The predicted octanol–water partition coefficient (Wildman–Crippen LogP) is 11.0. The molecule has 0 aliphatic rings. The van der Waals surface area contributed by atoms with Crippen molar-refractivity contribution >= 4 is 43.6 Å². The van der Waals surface area contributed by atoms with Crippen molar-refractivity contribution in [1.29, 1.82) is 10.5 Å². The van der Waals surface area contributed by atoms with Gasteiger partial charge in [-0.05, 0) is 77.4 Å².